The zero-order valence-corrected chi connectivity index (χ0v) is 9.62. The predicted molar refractivity (Wildman–Crippen MR) is 53.9 cm³/mol. The van der Waals surface area contributed by atoms with Gasteiger partial charge in [-0.3, -0.25) is 4.79 Å². The molecule has 0 N–H and O–H groups in total. The summed E-state index contributed by atoms with van der Waals surface area (Å²) in [5, 5.41) is 0.534. The fourth-order valence-electron chi connectivity index (χ4n) is 0.830. The Kier molecular flexibility index (Phi) is 2.68. The highest BCUT2D eigenvalue weighted by Gasteiger charge is 2.21. The molecule has 4 heteroatoms. The summed E-state index contributed by atoms with van der Waals surface area (Å²) in [6.07, 6.45) is 0.782. The van der Waals surface area contributed by atoms with Gasteiger partial charge in [-0.2, -0.15) is 0 Å². The molecule has 0 aliphatic heterocycles. The van der Waals surface area contributed by atoms with Crippen LogP contribution in [0.25, 0.3) is 0 Å². The molecule has 0 aliphatic carbocycles. The van der Waals surface area contributed by atoms with Crippen molar-refractivity contribution in [2.24, 2.45) is 0 Å². The first-order chi connectivity index (χ1) is 5.45. The third kappa shape index (κ3) is 1.93. The minimum absolute atomic E-state index is 0.0533. The fourth-order valence-corrected chi connectivity index (χ4v) is 2.81. The Balaban J connectivity index is 3.16. The minimum atomic E-state index is 0.0533. The van der Waals surface area contributed by atoms with Crippen molar-refractivity contribution in [2.75, 3.05) is 0 Å². The number of rotatable bonds is 1. The number of hydrogen-bond acceptors (Lipinski definition) is 3. The number of carbonyl (C=O) groups is 1. The van der Waals surface area contributed by atoms with Crippen LogP contribution in [0.5, 0.6) is 0 Å². The highest BCUT2D eigenvalue weighted by molar-refractivity contribution is 9.10. The summed E-state index contributed by atoms with van der Waals surface area (Å²) < 4.78 is 0.794. The summed E-state index contributed by atoms with van der Waals surface area (Å²) in [5.74, 6) is 0. The van der Waals surface area contributed by atoms with E-state index in [4.69, 9.17) is 0 Å². The van der Waals surface area contributed by atoms with Crippen molar-refractivity contribution < 1.29 is 4.79 Å². The Morgan fingerprint density at radius 2 is 2.08 bits per heavy atom. The van der Waals surface area contributed by atoms with E-state index in [9.17, 15) is 4.79 Å². The van der Waals surface area contributed by atoms with Crippen LogP contribution >= 0.6 is 27.3 Å². The molecule has 0 saturated carbocycles. The zero-order chi connectivity index (χ0) is 9.35. The number of thiazole rings is 1. The molecule has 2 nitrogen and oxygen atoms in total. The van der Waals surface area contributed by atoms with Crippen LogP contribution in [0.4, 0.5) is 0 Å². The van der Waals surface area contributed by atoms with Crippen LogP contribution in [0, 0.1) is 0 Å². The van der Waals surface area contributed by atoms with Crippen LogP contribution in [-0.4, -0.2) is 11.3 Å². The van der Waals surface area contributed by atoms with Crippen LogP contribution in [-0.2, 0) is 5.41 Å². The smallest absolute Gasteiger partial charge is 0.178 e. The second kappa shape index (κ2) is 3.26. The van der Waals surface area contributed by atoms with Gasteiger partial charge < -0.3 is 0 Å². The molecule has 1 rings (SSSR count). The quantitative estimate of drug-likeness (QED) is 0.715. The van der Waals surface area contributed by atoms with Crippen LogP contribution in [0.1, 0.15) is 35.5 Å². The maximum atomic E-state index is 10.4. The van der Waals surface area contributed by atoms with E-state index in [2.05, 4.69) is 41.7 Å². The molecule has 1 aromatic heterocycles. The van der Waals surface area contributed by atoms with Gasteiger partial charge in [0, 0.05) is 4.88 Å². The van der Waals surface area contributed by atoms with E-state index in [1.807, 2.05) is 0 Å². The Morgan fingerprint density at radius 1 is 1.50 bits per heavy atom. The maximum Gasteiger partial charge on any atom is 0.178 e. The van der Waals surface area contributed by atoms with Gasteiger partial charge in [-0.1, -0.05) is 20.8 Å². The van der Waals surface area contributed by atoms with Gasteiger partial charge in [-0.25, -0.2) is 4.98 Å². The van der Waals surface area contributed by atoms with Gasteiger partial charge in [0.2, 0.25) is 0 Å². The van der Waals surface area contributed by atoms with Crippen molar-refractivity contribution in [2.45, 2.75) is 26.2 Å². The summed E-state index contributed by atoms with van der Waals surface area (Å²) in [7, 11) is 0. The molecular weight excluding hydrogens is 238 g/mol. The second-order valence-corrected chi connectivity index (χ2v) is 5.32. The summed E-state index contributed by atoms with van der Waals surface area (Å²) in [6.45, 7) is 6.29. The van der Waals surface area contributed by atoms with Gasteiger partial charge in [0.05, 0.1) is 0 Å². The van der Waals surface area contributed by atoms with Gasteiger partial charge in [-0.05, 0) is 21.3 Å². The summed E-state index contributed by atoms with van der Waals surface area (Å²) in [6, 6.07) is 0. The molecule has 0 aliphatic rings. The molecule has 0 aromatic carbocycles. The van der Waals surface area contributed by atoms with Gasteiger partial charge in [0.25, 0.3) is 0 Å². The average molecular weight is 248 g/mol. The van der Waals surface area contributed by atoms with Crippen molar-refractivity contribution in [3.63, 3.8) is 0 Å². The number of nitrogens with zero attached hydrogens (tertiary/aromatic N) is 1. The van der Waals surface area contributed by atoms with Crippen molar-refractivity contribution >= 4 is 33.6 Å². The summed E-state index contributed by atoms with van der Waals surface area (Å²) in [4.78, 5) is 15.6. The largest absolute Gasteiger partial charge is 0.295 e. The molecule has 0 spiro atoms. The van der Waals surface area contributed by atoms with E-state index >= 15 is 0 Å². The maximum absolute atomic E-state index is 10.4. The van der Waals surface area contributed by atoms with Crippen molar-refractivity contribution in [1.29, 1.82) is 0 Å². The van der Waals surface area contributed by atoms with Crippen LogP contribution in [0.3, 0.4) is 0 Å². The summed E-state index contributed by atoms with van der Waals surface area (Å²) in [5.41, 5.74) is 0.0533. The summed E-state index contributed by atoms with van der Waals surface area (Å²) >= 11 is 4.77. The third-order valence-corrected chi connectivity index (χ3v) is 3.63. The molecule has 0 amide bonds. The number of halogens is 1. The van der Waals surface area contributed by atoms with E-state index in [0.29, 0.717) is 5.01 Å². The predicted octanol–water partition coefficient (Wildman–Crippen LogP) is 3.02. The van der Waals surface area contributed by atoms with Crippen molar-refractivity contribution in [3.8, 4) is 0 Å². The lowest BCUT2D eigenvalue weighted by atomic mass is 9.96. The molecule has 0 unspecified atom stereocenters. The number of carbonyl (C=O) groups excluding carboxylic acids is 1. The molecule has 66 valence electrons. The van der Waals surface area contributed by atoms with Crippen LogP contribution in [0.15, 0.2) is 4.60 Å². The first-order valence-electron chi connectivity index (χ1n) is 3.57. The topological polar surface area (TPSA) is 30.0 Å². The van der Waals surface area contributed by atoms with E-state index in [-0.39, 0.29) is 5.41 Å². The molecule has 0 radical (unpaired) electrons. The molecule has 0 bridgehead atoms. The van der Waals surface area contributed by atoms with E-state index < -0.39 is 0 Å². The highest BCUT2D eigenvalue weighted by Crippen LogP contribution is 2.33. The normalized spacial score (nSPS) is 11.7. The molecule has 12 heavy (non-hydrogen) atoms. The average Bonchev–Trinajstić information content (AvgIpc) is 2.29. The SMILES string of the molecule is CC(C)(C)c1sc(C=O)nc1Br. The Bertz CT molecular complexity index is 300. The lowest BCUT2D eigenvalue weighted by Gasteiger charge is -2.15. The molecular formula is C8H10BrNOS. The van der Waals surface area contributed by atoms with Gasteiger partial charge >= 0.3 is 0 Å². The lowest BCUT2D eigenvalue weighted by Crippen LogP contribution is -2.09. The second-order valence-electron chi connectivity index (χ2n) is 3.54. The van der Waals surface area contributed by atoms with Gasteiger partial charge in [-0.15, -0.1) is 11.3 Å². The van der Waals surface area contributed by atoms with Crippen molar-refractivity contribution in [1.82, 2.24) is 4.98 Å². The molecule has 0 fully saturated rings. The Morgan fingerprint density at radius 3 is 2.33 bits per heavy atom. The van der Waals surface area contributed by atoms with Crippen LogP contribution in [0.2, 0.25) is 0 Å². The standard InChI is InChI=1S/C8H10BrNOS/c1-8(2,3)6-7(9)10-5(4-11)12-6/h4H,1-3H3. The fraction of sp³-hybridized carbons (Fsp3) is 0.500. The number of hydrogen-bond donors (Lipinski definition) is 0. The Hall–Kier alpha value is -0.220. The third-order valence-electron chi connectivity index (χ3n) is 1.38. The molecule has 0 saturated heterocycles. The molecule has 1 heterocycles. The lowest BCUT2D eigenvalue weighted by molar-refractivity contribution is 0.112. The molecule has 1 aromatic rings. The van der Waals surface area contributed by atoms with Gasteiger partial charge in [0.15, 0.2) is 11.3 Å². The number of aldehydes is 1. The van der Waals surface area contributed by atoms with E-state index in [0.717, 1.165) is 15.8 Å². The Labute approximate surface area is 84.1 Å². The van der Waals surface area contributed by atoms with E-state index in [1.165, 1.54) is 11.3 Å². The first-order valence-corrected chi connectivity index (χ1v) is 5.18. The zero-order valence-electron chi connectivity index (χ0n) is 7.22. The highest BCUT2D eigenvalue weighted by atomic mass is 79.9. The minimum Gasteiger partial charge on any atom is -0.295 e. The van der Waals surface area contributed by atoms with Crippen molar-refractivity contribution in [3.05, 3.63) is 14.5 Å². The monoisotopic (exact) mass is 247 g/mol. The molecule has 0 atom stereocenters. The van der Waals surface area contributed by atoms with Gasteiger partial charge in [0.1, 0.15) is 4.60 Å². The first kappa shape index (κ1) is 9.86. The van der Waals surface area contributed by atoms with E-state index in [1.54, 1.807) is 0 Å². The number of aromatic nitrogens is 1. The van der Waals surface area contributed by atoms with Crippen LogP contribution < -0.4 is 0 Å².